The molecule has 9 heteroatoms. The molecule has 0 radical (unpaired) electrons. The van der Waals surface area contributed by atoms with Crippen molar-refractivity contribution in [2.45, 2.75) is 78.1 Å². The Kier molecular flexibility index (Phi) is 15.5. The predicted molar refractivity (Wildman–Crippen MR) is 202 cm³/mol. The Labute approximate surface area is 272 Å². The molecule has 0 spiro atoms. The maximum atomic E-state index is 5.85. The predicted octanol–water partition coefficient (Wildman–Crippen LogP) is 9.47. The van der Waals surface area contributed by atoms with E-state index >= 15 is 0 Å². The van der Waals surface area contributed by atoms with Crippen LogP contribution in [0.2, 0.25) is 52.4 Å². The monoisotopic (exact) mass is 744 g/mol. The molecule has 2 nitrogen and oxygen atoms in total. The van der Waals surface area contributed by atoms with Crippen molar-refractivity contribution in [3.05, 3.63) is 94.3 Å². The first-order valence-electron chi connectivity index (χ1n) is 15.3. The molecule has 41 heavy (non-hydrogen) atoms. The fraction of sp³-hybridized carbons (Fsp3) is 0.500. The van der Waals surface area contributed by atoms with Gasteiger partial charge in [-0.15, -0.1) is 0 Å². The zero-order valence-corrected chi connectivity index (χ0v) is 34.7. The quantitative estimate of drug-likeness (QED) is 0.167. The van der Waals surface area contributed by atoms with E-state index in [1.54, 1.807) is 10.6 Å². The Morgan fingerprint density at radius 3 is 0.927 bits per heavy atom. The van der Waals surface area contributed by atoms with Crippen LogP contribution in [-0.2, 0) is 19.5 Å². The molecule has 1 aliphatic heterocycles. The first kappa shape index (κ1) is 37.4. The van der Waals surface area contributed by atoms with Crippen LogP contribution < -0.4 is 10.6 Å². The van der Waals surface area contributed by atoms with E-state index in [4.69, 9.17) is 9.30 Å². The van der Waals surface area contributed by atoms with Crippen LogP contribution in [-0.4, -0.2) is 56.1 Å². The van der Waals surface area contributed by atoms with E-state index in [2.05, 4.69) is 137 Å². The second-order valence-electron chi connectivity index (χ2n) is 14.2. The van der Waals surface area contributed by atoms with Crippen molar-refractivity contribution in [1.82, 2.24) is 0 Å². The van der Waals surface area contributed by atoms with Crippen molar-refractivity contribution in [1.29, 1.82) is 0 Å². The molecule has 4 rings (SSSR count). The summed E-state index contributed by atoms with van der Waals surface area (Å²) in [5.41, 5.74) is 0. The molecule has 1 saturated heterocycles. The minimum atomic E-state index is -1.64. The minimum absolute atomic E-state index is 0. The average molecular weight is 744 g/mol. The standard InChI is InChI=1S/C24H42N2P2Si4.C8H12.Ru/c1-29(2)19-27(23-15-11-9-12-16-23)20-31(5,6)26-32(7,8)22-28(21-30(3,4)25-29)24-17-13-10-14-18-24;1-2-4-6-8-7-5-3-1;/h9-18H,19-22H2,1-8H3;1-2,7-8H,3-6H2;/q-2;;+2/p+2/b;2-1-,8-7-;. The third-order valence-electron chi connectivity index (χ3n) is 7.49. The van der Waals surface area contributed by atoms with E-state index in [1.807, 2.05) is 0 Å². The van der Waals surface area contributed by atoms with E-state index in [0.717, 1.165) is 0 Å². The topological polar surface area (TPSA) is 28.2 Å². The van der Waals surface area contributed by atoms with Gasteiger partial charge >= 0.3 is 19.5 Å². The van der Waals surface area contributed by atoms with Crippen LogP contribution in [0.25, 0.3) is 9.30 Å². The van der Waals surface area contributed by atoms with Crippen molar-refractivity contribution < 1.29 is 19.5 Å². The normalized spacial score (nSPS) is 27.0. The van der Waals surface area contributed by atoms with Crippen molar-refractivity contribution in [3.63, 3.8) is 0 Å². The molecule has 226 valence electrons. The second-order valence-corrected chi connectivity index (χ2v) is 39.7. The third-order valence-corrected chi connectivity index (χ3v) is 40.1. The van der Waals surface area contributed by atoms with E-state index < -0.39 is 48.8 Å². The maximum Gasteiger partial charge on any atom is 2.00 e. The maximum absolute atomic E-state index is 5.85. The molecule has 0 N–H and O–H groups in total. The van der Waals surface area contributed by atoms with Gasteiger partial charge in [-0.05, 0) is 82.9 Å². The molecule has 0 unspecified atom stereocenters. The largest absolute Gasteiger partial charge is 2.00 e. The Balaban J connectivity index is 0.000000563. The third kappa shape index (κ3) is 14.2. The van der Waals surface area contributed by atoms with Crippen LogP contribution in [0, 0.1) is 0 Å². The van der Waals surface area contributed by atoms with E-state index in [9.17, 15) is 0 Å². The van der Waals surface area contributed by atoms with E-state index in [0.29, 0.717) is 0 Å². The summed E-state index contributed by atoms with van der Waals surface area (Å²) in [5, 5.41) is 3.24. The number of rotatable bonds is 2. The molecule has 2 aromatic rings. The molecule has 0 bridgehead atoms. The molecular formula is C32H56N2P2RuSi4+2. The van der Waals surface area contributed by atoms with Gasteiger partial charge in [0.2, 0.25) is 0 Å². The van der Waals surface area contributed by atoms with Gasteiger partial charge in [0.05, 0.1) is 10.6 Å². The van der Waals surface area contributed by atoms with Crippen LogP contribution in [0.3, 0.4) is 0 Å². The summed E-state index contributed by atoms with van der Waals surface area (Å²) >= 11 is 0. The average Bonchev–Trinajstić information content (AvgIpc) is 2.81. The molecular weight excluding hydrogens is 688 g/mol. The Morgan fingerprint density at radius 1 is 0.439 bits per heavy atom. The van der Waals surface area contributed by atoms with Crippen molar-refractivity contribution in [2.75, 3.05) is 23.1 Å². The molecule has 0 saturated carbocycles. The minimum Gasteiger partial charge on any atom is -0.661 e. The Hall–Kier alpha value is 0.191. The van der Waals surface area contributed by atoms with Gasteiger partial charge in [-0.2, -0.15) is 0 Å². The first-order valence-corrected chi connectivity index (χ1v) is 31.8. The molecule has 1 fully saturated rings. The molecule has 2 aromatic carbocycles. The second kappa shape index (κ2) is 17.0. The van der Waals surface area contributed by atoms with Gasteiger partial charge in [0.15, 0.2) is 0 Å². The summed E-state index contributed by atoms with van der Waals surface area (Å²) in [7, 11) is -7.82. The van der Waals surface area contributed by atoms with Crippen LogP contribution in [0.1, 0.15) is 25.7 Å². The zero-order valence-electron chi connectivity index (χ0n) is 27.0. The molecule has 0 amide bonds. The van der Waals surface area contributed by atoms with Crippen LogP contribution >= 0.6 is 15.8 Å². The van der Waals surface area contributed by atoms with Gasteiger partial charge in [-0.25, -0.2) is 0 Å². The zero-order chi connectivity index (χ0) is 29.3. The summed E-state index contributed by atoms with van der Waals surface area (Å²) in [6.07, 6.45) is 14.0. The van der Waals surface area contributed by atoms with Gasteiger partial charge in [-0.1, -0.05) is 113 Å². The molecule has 0 aromatic heterocycles. The van der Waals surface area contributed by atoms with Crippen LogP contribution in [0.15, 0.2) is 85.0 Å². The van der Waals surface area contributed by atoms with E-state index in [1.165, 1.54) is 48.8 Å². The summed E-state index contributed by atoms with van der Waals surface area (Å²) < 4.78 is 11.7. The fourth-order valence-electron chi connectivity index (χ4n) is 6.62. The van der Waals surface area contributed by atoms with Crippen LogP contribution in [0.5, 0.6) is 0 Å². The van der Waals surface area contributed by atoms with Gasteiger partial charge in [0, 0.05) is 39.0 Å². The van der Waals surface area contributed by atoms with Crippen molar-refractivity contribution in [3.8, 4) is 0 Å². The van der Waals surface area contributed by atoms with Gasteiger partial charge in [0.25, 0.3) is 0 Å². The smallest absolute Gasteiger partial charge is 0.661 e. The van der Waals surface area contributed by atoms with Gasteiger partial charge in [-0.3, -0.25) is 0 Å². The van der Waals surface area contributed by atoms with Gasteiger partial charge < -0.3 is 9.30 Å². The number of hydrogen-bond acceptors (Lipinski definition) is 0. The van der Waals surface area contributed by atoms with Crippen LogP contribution in [0.4, 0.5) is 0 Å². The molecule has 1 heterocycles. The first-order chi connectivity index (χ1) is 18.8. The molecule has 1 aliphatic carbocycles. The SMILES string of the molecule is C1=C\CC/C=C\CC/1.C[Si]1(C)C[PH+](c2ccccc2)C[Si](C)(C)[N-][Si](C)(C)C[PH+](c2ccccc2)C[Si](C)(C)[N-]1.[Ru+2]. The van der Waals surface area contributed by atoms with E-state index in [-0.39, 0.29) is 19.5 Å². The molecule has 0 atom stereocenters. The number of nitrogens with zero attached hydrogens (tertiary/aromatic N) is 2. The number of hydrogen-bond donors (Lipinski definition) is 0. The van der Waals surface area contributed by atoms with Crippen molar-refractivity contribution in [2.24, 2.45) is 0 Å². The summed E-state index contributed by atoms with van der Waals surface area (Å²) in [5.74, 6) is 5.50. The molecule has 2 aliphatic rings. The Bertz CT molecular complexity index is 964. The number of allylic oxidation sites excluding steroid dienone is 4. The summed E-state index contributed by atoms with van der Waals surface area (Å²) in [4.78, 5) is 0. The van der Waals surface area contributed by atoms with Crippen molar-refractivity contribution >= 4 is 59.4 Å². The number of benzene rings is 2. The van der Waals surface area contributed by atoms with Gasteiger partial charge in [0.1, 0.15) is 0 Å². The summed E-state index contributed by atoms with van der Waals surface area (Å²) in [6.45, 7) is 20.4. The fourth-order valence-corrected chi connectivity index (χ4v) is 48.4. The Morgan fingerprint density at radius 2 is 0.683 bits per heavy atom. The summed E-state index contributed by atoms with van der Waals surface area (Å²) in [6, 6.07) is 22.9.